The maximum Gasteiger partial charge on any atom is 0.243 e. The predicted molar refractivity (Wildman–Crippen MR) is 150 cm³/mol. The second-order valence-electron chi connectivity index (χ2n) is 10.1. The Hall–Kier alpha value is -3.00. The summed E-state index contributed by atoms with van der Waals surface area (Å²) in [7, 11) is 0. The summed E-state index contributed by atoms with van der Waals surface area (Å²) in [4.78, 5) is 30.1. The van der Waals surface area contributed by atoms with E-state index in [1.165, 1.54) is 4.88 Å². The number of nitrogens with one attached hydrogen (secondary N) is 1. The van der Waals surface area contributed by atoms with E-state index in [1.54, 1.807) is 16.2 Å². The summed E-state index contributed by atoms with van der Waals surface area (Å²) in [5.41, 5.74) is 6.26. The number of carbonyl (C=O) groups is 2. The Kier molecular flexibility index (Phi) is 11.5. The first-order chi connectivity index (χ1) is 17.6. The third-order valence-electron chi connectivity index (χ3n) is 6.53. The largest absolute Gasteiger partial charge is 0.361 e. The minimum absolute atomic E-state index is 0.0722. The fourth-order valence-electron chi connectivity index (χ4n) is 3.87. The highest BCUT2D eigenvalue weighted by molar-refractivity contribution is 7.13. The zero-order chi connectivity index (χ0) is 27.6. The van der Waals surface area contributed by atoms with Gasteiger partial charge in [0.05, 0.1) is 21.8 Å². The van der Waals surface area contributed by atoms with Crippen LogP contribution in [-0.2, 0) is 16.1 Å². The van der Waals surface area contributed by atoms with E-state index in [0.717, 1.165) is 47.5 Å². The molecule has 1 aliphatic rings. The van der Waals surface area contributed by atoms with Crippen molar-refractivity contribution in [3.63, 3.8) is 0 Å². The van der Waals surface area contributed by atoms with E-state index >= 15 is 0 Å². The zero-order valence-electron chi connectivity index (χ0n) is 23.5. The number of aryl methyl sites for hydroxylation is 2. The molecule has 1 aromatic carbocycles. The molecule has 0 bridgehead atoms. The number of rotatable bonds is 6. The van der Waals surface area contributed by atoms with Gasteiger partial charge in [0.25, 0.3) is 0 Å². The minimum Gasteiger partial charge on any atom is -0.361 e. The molecule has 2 aromatic heterocycles. The molecular weight excluding hydrogens is 484 g/mol. The lowest BCUT2D eigenvalue weighted by Gasteiger charge is -2.24. The molecule has 1 N–H and O–H groups in total. The van der Waals surface area contributed by atoms with Crippen molar-refractivity contribution < 1.29 is 14.1 Å². The lowest BCUT2D eigenvalue weighted by atomic mass is 9.80. The molecule has 2 unspecified atom stereocenters. The Morgan fingerprint density at radius 3 is 2.43 bits per heavy atom. The van der Waals surface area contributed by atoms with Gasteiger partial charge >= 0.3 is 0 Å². The van der Waals surface area contributed by atoms with Crippen LogP contribution in [0, 0.1) is 19.3 Å². The Labute approximate surface area is 225 Å². The van der Waals surface area contributed by atoms with Gasteiger partial charge < -0.3 is 14.7 Å². The Morgan fingerprint density at radius 1 is 1.24 bits per heavy atom. The minimum atomic E-state index is -0.313. The quantitative estimate of drug-likeness (QED) is 0.370. The van der Waals surface area contributed by atoms with Crippen molar-refractivity contribution in [2.75, 3.05) is 6.54 Å². The van der Waals surface area contributed by atoms with Crippen molar-refractivity contribution in [1.29, 1.82) is 0 Å². The van der Waals surface area contributed by atoms with Crippen LogP contribution in [0.5, 0.6) is 0 Å². The van der Waals surface area contributed by atoms with Crippen molar-refractivity contribution in [2.24, 2.45) is 5.41 Å². The molecule has 3 aromatic rings. The summed E-state index contributed by atoms with van der Waals surface area (Å²) < 4.78 is 5.20. The lowest BCUT2D eigenvalue weighted by molar-refractivity contribution is -0.131. The van der Waals surface area contributed by atoms with Gasteiger partial charge in [-0.05, 0) is 43.2 Å². The molecule has 0 aliphatic carbocycles. The van der Waals surface area contributed by atoms with Crippen LogP contribution in [-0.4, -0.2) is 39.9 Å². The number of likely N-dealkylation sites (tertiary alicyclic amines) is 1. The molecule has 0 spiro atoms. The lowest BCUT2D eigenvalue weighted by Crippen LogP contribution is -2.42. The molecule has 3 heterocycles. The van der Waals surface area contributed by atoms with Crippen LogP contribution in [0.25, 0.3) is 10.4 Å². The van der Waals surface area contributed by atoms with Gasteiger partial charge in [-0.3, -0.25) is 9.59 Å². The van der Waals surface area contributed by atoms with Crippen LogP contribution in [0.15, 0.2) is 40.4 Å². The highest BCUT2D eigenvalue weighted by atomic mass is 32.1. The average Bonchev–Trinajstić information content (AvgIpc) is 3.64. The molecule has 202 valence electrons. The monoisotopic (exact) mass is 526 g/mol. The van der Waals surface area contributed by atoms with Crippen molar-refractivity contribution in [3.05, 3.63) is 58.6 Å². The van der Waals surface area contributed by atoms with E-state index in [1.807, 2.05) is 51.4 Å². The first-order valence-electron chi connectivity index (χ1n) is 13.0. The van der Waals surface area contributed by atoms with Crippen LogP contribution in [0.3, 0.4) is 0 Å². The molecule has 0 saturated carbocycles. The number of hydrogen-bond acceptors (Lipinski definition) is 6. The predicted octanol–water partition coefficient (Wildman–Crippen LogP) is 6.51. The standard InChI is InChI=1S/C17H19N3O2S.C10H17NO.C2H6/c1-12-16(23-10-19-12)14-6-4-13(5-7-14)9-18-17(22)15-3-2-8-20(15)11-21;1-7-6-9(12-11-7)8(2)10(3,4)5;1-2/h4-7,10-11,15H,2-3,8-9H2,1H3,(H,18,22);6,8H,1-5H3;1-2H3. The molecule has 0 radical (unpaired) electrons. The molecule has 2 amide bonds. The number of aromatic nitrogens is 2. The third kappa shape index (κ3) is 8.52. The SMILES string of the molecule is CC.Cc1cc(C(C)C(C)(C)C)on1.Cc1ncsc1-c1ccc(CNC(=O)C2CCCN2C=O)cc1. The fraction of sp³-hybridized carbons (Fsp3) is 0.517. The Balaban J connectivity index is 0.000000291. The summed E-state index contributed by atoms with van der Waals surface area (Å²) >= 11 is 1.63. The van der Waals surface area contributed by atoms with Crippen LogP contribution in [0.1, 0.15) is 83.0 Å². The molecular formula is C29H42N4O3S. The van der Waals surface area contributed by atoms with E-state index in [0.29, 0.717) is 19.0 Å². The van der Waals surface area contributed by atoms with Crippen molar-refractivity contribution in [1.82, 2.24) is 20.4 Å². The smallest absolute Gasteiger partial charge is 0.243 e. The summed E-state index contributed by atoms with van der Waals surface area (Å²) in [6, 6.07) is 9.83. The highest BCUT2D eigenvalue weighted by Crippen LogP contribution is 2.34. The number of benzene rings is 1. The Bertz CT molecular complexity index is 1110. The summed E-state index contributed by atoms with van der Waals surface area (Å²) in [5.74, 6) is 1.33. The summed E-state index contributed by atoms with van der Waals surface area (Å²) in [6.45, 7) is 17.9. The second kappa shape index (κ2) is 14.1. The van der Waals surface area contributed by atoms with Gasteiger partial charge in [-0.25, -0.2) is 4.98 Å². The number of hydrogen-bond donors (Lipinski definition) is 1. The Morgan fingerprint density at radius 2 is 1.92 bits per heavy atom. The van der Waals surface area contributed by atoms with Crippen molar-refractivity contribution in [2.45, 2.75) is 86.7 Å². The van der Waals surface area contributed by atoms with Crippen molar-refractivity contribution in [3.8, 4) is 10.4 Å². The maximum atomic E-state index is 12.2. The topological polar surface area (TPSA) is 88.3 Å². The molecule has 4 rings (SSSR count). The van der Waals surface area contributed by atoms with Gasteiger partial charge in [-0.1, -0.05) is 71.0 Å². The van der Waals surface area contributed by atoms with E-state index < -0.39 is 0 Å². The van der Waals surface area contributed by atoms with E-state index in [-0.39, 0.29) is 17.4 Å². The van der Waals surface area contributed by atoms with Crippen LogP contribution >= 0.6 is 11.3 Å². The number of nitrogens with zero attached hydrogens (tertiary/aromatic N) is 3. The van der Waals surface area contributed by atoms with Gasteiger partial charge in [0.1, 0.15) is 11.8 Å². The molecule has 8 heteroatoms. The highest BCUT2D eigenvalue weighted by Gasteiger charge is 2.29. The third-order valence-corrected chi connectivity index (χ3v) is 7.51. The van der Waals surface area contributed by atoms with Crippen LogP contribution < -0.4 is 5.32 Å². The van der Waals surface area contributed by atoms with Gasteiger partial charge in [0.15, 0.2) is 0 Å². The van der Waals surface area contributed by atoms with Gasteiger partial charge in [-0.2, -0.15) is 0 Å². The normalized spacial score (nSPS) is 15.7. The van der Waals surface area contributed by atoms with Crippen LogP contribution in [0.2, 0.25) is 0 Å². The van der Waals surface area contributed by atoms with Gasteiger partial charge in [-0.15, -0.1) is 11.3 Å². The van der Waals surface area contributed by atoms with E-state index in [9.17, 15) is 9.59 Å². The average molecular weight is 527 g/mol. The van der Waals surface area contributed by atoms with Crippen molar-refractivity contribution >= 4 is 23.7 Å². The number of carbonyl (C=O) groups excluding carboxylic acids is 2. The molecule has 1 fully saturated rings. The summed E-state index contributed by atoms with van der Waals surface area (Å²) in [6.07, 6.45) is 2.40. The second-order valence-corrected chi connectivity index (χ2v) is 11.0. The fourth-order valence-corrected chi connectivity index (χ4v) is 4.68. The molecule has 2 atom stereocenters. The maximum absolute atomic E-state index is 12.2. The number of amides is 2. The molecule has 37 heavy (non-hydrogen) atoms. The van der Waals surface area contributed by atoms with Gasteiger partial charge in [0.2, 0.25) is 12.3 Å². The molecule has 1 saturated heterocycles. The van der Waals surface area contributed by atoms with E-state index in [4.69, 9.17) is 4.52 Å². The van der Waals surface area contributed by atoms with Gasteiger partial charge in [0, 0.05) is 25.1 Å². The zero-order valence-corrected chi connectivity index (χ0v) is 24.3. The van der Waals surface area contributed by atoms with Crippen LogP contribution in [0.4, 0.5) is 0 Å². The molecule has 1 aliphatic heterocycles. The molecule has 7 nitrogen and oxygen atoms in total. The number of thiazole rings is 1. The van der Waals surface area contributed by atoms with E-state index in [2.05, 4.69) is 55.3 Å². The first kappa shape index (κ1) is 30.2. The summed E-state index contributed by atoms with van der Waals surface area (Å²) in [5, 5.41) is 6.80. The first-order valence-corrected chi connectivity index (χ1v) is 13.9.